The van der Waals surface area contributed by atoms with Crippen molar-refractivity contribution in [2.75, 3.05) is 26.2 Å². The Labute approximate surface area is 156 Å². The number of rotatable bonds is 6. The quantitative estimate of drug-likeness (QED) is 0.567. The van der Waals surface area contributed by atoms with Crippen LogP contribution in [0, 0.1) is 0 Å². The van der Waals surface area contributed by atoms with Gasteiger partial charge in [0, 0.05) is 13.1 Å². The zero-order valence-electron chi connectivity index (χ0n) is 14.3. The highest BCUT2D eigenvalue weighted by molar-refractivity contribution is 8.18. The smallest absolute Gasteiger partial charge is 0.294 e. The van der Waals surface area contributed by atoms with Crippen molar-refractivity contribution in [1.82, 2.24) is 9.80 Å². The van der Waals surface area contributed by atoms with E-state index < -0.39 is 11.1 Å². The van der Waals surface area contributed by atoms with Crippen molar-refractivity contribution >= 4 is 34.9 Å². The van der Waals surface area contributed by atoms with Gasteiger partial charge in [-0.25, -0.2) is 0 Å². The summed E-state index contributed by atoms with van der Waals surface area (Å²) in [6.45, 7) is 5.23. The highest BCUT2D eigenvalue weighted by Crippen LogP contribution is 2.32. The van der Waals surface area contributed by atoms with E-state index in [1.54, 1.807) is 29.2 Å². The van der Waals surface area contributed by atoms with E-state index in [0.29, 0.717) is 30.4 Å². The molecule has 0 aliphatic carbocycles. The Kier molecular flexibility index (Phi) is 5.78. The summed E-state index contributed by atoms with van der Waals surface area (Å²) < 4.78 is 5.41. The lowest BCUT2D eigenvalue weighted by atomic mass is 10.2. The molecule has 0 atom stereocenters. The van der Waals surface area contributed by atoms with E-state index in [-0.39, 0.29) is 12.5 Å². The number of nitrogens with zero attached hydrogens (tertiary/aromatic N) is 2. The Morgan fingerprint density at radius 1 is 1.19 bits per heavy atom. The second kappa shape index (κ2) is 8.23. The molecule has 2 fully saturated rings. The maximum atomic E-state index is 12.5. The fourth-order valence-electron chi connectivity index (χ4n) is 2.80. The first kappa shape index (κ1) is 18.3. The molecular formula is C19H20N2O4S. The van der Waals surface area contributed by atoms with Gasteiger partial charge < -0.3 is 9.64 Å². The molecule has 0 aromatic heterocycles. The summed E-state index contributed by atoms with van der Waals surface area (Å²) in [5, 5.41) is -0.403. The Morgan fingerprint density at radius 2 is 1.88 bits per heavy atom. The molecule has 2 aliphatic heterocycles. The number of carbonyl (C=O) groups excluding carboxylic acids is 3. The van der Waals surface area contributed by atoms with Gasteiger partial charge in [0.25, 0.3) is 11.1 Å². The van der Waals surface area contributed by atoms with Crippen LogP contribution in [0.1, 0.15) is 18.4 Å². The molecule has 0 radical (unpaired) electrons. The minimum Gasteiger partial charge on any atom is -0.490 e. The highest BCUT2D eigenvalue weighted by Gasteiger charge is 2.37. The first-order valence-electron chi connectivity index (χ1n) is 8.45. The van der Waals surface area contributed by atoms with Crippen LogP contribution in [0.3, 0.4) is 0 Å². The lowest BCUT2D eigenvalue weighted by Gasteiger charge is -2.18. The maximum absolute atomic E-state index is 12.5. The minimum atomic E-state index is -0.417. The summed E-state index contributed by atoms with van der Waals surface area (Å²) in [7, 11) is 0. The first-order valence-corrected chi connectivity index (χ1v) is 9.27. The van der Waals surface area contributed by atoms with Gasteiger partial charge in [0.2, 0.25) is 5.91 Å². The third-order valence-electron chi connectivity index (χ3n) is 4.17. The molecule has 26 heavy (non-hydrogen) atoms. The second-order valence-electron chi connectivity index (χ2n) is 6.02. The number of benzene rings is 1. The molecule has 2 aliphatic rings. The third kappa shape index (κ3) is 4.16. The predicted molar refractivity (Wildman–Crippen MR) is 101 cm³/mol. The van der Waals surface area contributed by atoms with Gasteiger partial charge >= 0.3 is 0 Å². The molecule has 1 aromatic rings. The summed E-state index contributed by atoms with van der Waals surface area (Å²) in [4.78, 5) is 39.9. The zero-order chi connectivity index (χ0) is 18.5. The molecular weight excluding hydrogens is 352 g/mol. The molecule has 0 unspecified atom stereocenters. The molecule has 6 nitrogen and oxygen atoms in total. The number of thioether (sulfide) groups is 1. The standard InChI is InChI=1S/C19H20N2O4S/c1-2-11-25-15-7-5-14(6-8-15)12-16-18(23)21(19(24)26-16)13-17(22)20-9-3-4-10-20/h2,5-8,12H,1,3-4,9-11,13H2/b16-12-. The minimum absolute atomic E-state index is 0.172. The summed E-state index contributed by atoms with van der Waals surface area (Å²) in [6, 6.07) is 7.19. The van der Waals surface area contributed by atoms with Gasteiger partial charge in [0.15, 0.2) is 0 Å². The van der Waals surface area contributed by atoms with Crippen molar-refractivity contribution in [3.05, 3.63) is 47.4 Å². The van der Waals surface area contributed by atoms with E-state index in [9.17, 15) is 14.4 Å². The van der Waals surface area contributed by atoms with Gasteiger partial charge in [0.05, 0.1) is 4.91 Å². The molecule has 0 N–H and O–H groups in total. The Balaban J connectivity index is 1.66. The van der Waals surface area contributed by atoms with Crippen molar-refractivity contribution in [3.8, 4) is 5.75 Å². The number of hydrogen-bond donors (Lipinski definition) is 0. The Bertz CT molecular complexity index is 751. The normalized spacial score (nSPS) is 18.7. The van der Waals surface area contributed by atoms with Gasteiger partial charge in [-0.2, -0.15) is 0 Å². The molecule has 0 spiro atoms. The lowest BCUT2D eigenvalue weighted by molar-refractivity contribution is -0.135. The van der Waals surface area contributed by atoms with Crippen LogP contribution in [0.4, 0.5) is 4.79 Å². The molecule has 1 aromatic carbocycles. The van der Waals surface area contributed by atoms with E-state index in [1.807, 2.05) is 12.1 Å². The third-order valence-corrected chi connectivity index (χ3v) is 5.08. The van der Waals surface area contributed by atoms with Crippen molar-refractivity contribution in [1.29, 1.82) is 0 Å². The summed E-state index contributed by atoms with van der Waals surface area (Å²) in [5.74, 6) is 0.112. The molecule has 2 heterocycles. The molecule has 2 saturated heterocycles. The zero-order valence-corrected chi connectivity index (χ0v) is 15.2. The van der Waals surface area contributed by atoms with E-state index in [1.165, 1.54) is 0 Å². The fourth-order valence-corrected chi connectivity index (χ4v) is 3.64. The largest absolute Gasteiger partial charge is 0.490 e. The van der Waals surface area contributed by atoms with Crippen molar-refractivity contribution in [2.45, 2.75) is 12.8 Å². The van der Waals surface area contributed by atoms with Gasteiger partial charge in [-0.1, -0.05) is 24.8 Å². The van der Waals surface area contributed by atoms with Crippen LogP contribution in [0.15, 0.2) is 41.8 Å². The van der Waals surface area contributed by atoms with Gasteiger partial charge in [0.1, 0.15) is 18.9 Å². The second-order valence-corrected chi connectivity index (χ2v) is 7.02. The molecule has 0 saturated carbocycles. The number of hydrogen-bond acceptors (Lipinski definition) is 5. The first-order chi connectivity index (χ1) is 12.6. The topological polar surface area (TPSA) is 66.9 Å². The Hall–Kier alpha value is -2.54. The maximum Gasteiger partial charge on any atom is 0.294 e. The van der Waals surface area contributed by atoms with Crippen LogP contribution < -0.4 is 4.74 Å². The molecule has 0 bridgehead atoms. The summed E-state index contributed by atoms with van der Waals surface area (Å²) in [6.07, 6.45) is 5.26. The summed E-state index contributed by atoms with van der Waals surface area (Å²) >= 11 is 0.863. The average molecular weight is 372 g/mol. The number of imide groups is 1. The van der Waals surface area contributed by atoms with E-state index in [4.69, 9.17) is 4.74 Å². The Morgan fingerprint density at radius 3 is 2.54 bits per heavy atom. The predicted octanol–water partition coefficient (Wildman–Crippen LogP) is 2.91. The van der Waals surface area contributed by atoms with Gasteiger partial charge in [-0.05, 0) is 48.4 Å². The average Bonchev–Trinajstić information content (AvgIpc) is 3.26. The number of ether oxygens (including phenoxy) is 1. The molecule has 7 heteroatoms. The lowest BCUT2D eigenvalue weighted by Crippen LogP contribution is -2.40. The van der Waals surface area contributed by atoms with Crippen LogP contribution in [0.5, 0.6) is 5.75 Å². The van der Waals surface area contributed by atoms with E-state index >= 15 is 0 Å². The number of carbonyl (C=O) groups is 3. The molecule has 136 valence electrons. The summed E-state index contributed by atoms with van der Waals surface area (Å²) in [5.41, 5.74) is 0.785. The number of amides is 3. The molecule has 3 amide bonds. The van der Waals surface area contributed by atoms with Crippen molar-refractivity contribution in [2.24, 2.45) is 0 Å². The SMILES string of the molecule is C=CCOc1ccc(/C=C2\SC(=O)N(CC(=O)N3CCCC3)C2=O)cc1. The highest BCUT2D eigenvalue weighted by atomic mass is 32.2. The van der Waals surface area contributed by atoms with Crippen LogP contribution in [-0.4, -0.2) is 53.1 Å². The van der Waals surface area contributed by atoms with Crippen LogP contribution >= 0.6 is 11.8 Å². The molecule has 3 rings (SSSR count). The van der Waals surface area contributed by atoms with E-state index in [2.05, 4.69) is 6.58 Å². The van der Waals surface area contributed by atoms with Crippen molar-refractivity contribution < 1.29 is 19.1 Å². The van der Waals surface area contributed by atoms with Gasteiger partial charge in [-0.3, -0.25) is 19.3 Å². The van der Waals surface area contributed by atoms with Crippen LogP contribution in [-0.2, 0) is 9.59 Å². The van der Waals surface area contributed by atoms with Gasteiger partial charge in [-0.15, -0.1) is 0 Å². The van der Waals surface area contributed by atoms with Crippen molar-refractivity contribution in [3.63, 3.8) is 0 Å². The fraction of sp³-hybridized carbons (Fsp3) is 0.316. The van der Waals surface area contributed by atoms with E-state index in [0.717, 1.165) is 35.1 Å². The monoisotopic (exact) mass is 372 g/mol. The van der Waals surface area contributed by atoms with Crippen LogP contribution in [0.2, 0.25) is 0 Å². The van der Waals surface area contributed by atoms with Crippen LogP contribution in [0.25, 0.3) is 6.08 Å². The number of likely N-dealkylation sites (tertiary alicyclic amines) is 1.